The number of likely N-dealkylation sites (tertiary alicyclic amines) is 2. The Kier molecular flexibility index (Phi) is 21.9. The number of hydrogen-bond acceptors (Lipinski definition) is 17. The summed E-state index contributed by atoms with van der Waals surface area (Å²) in [7, 11) is 6.75. The first-order valence-corrected chi connectivity index (χ1v) is 24.7. The van der Waals surface area contributed by atoms with Crippen LogP contribution in [0.4, 0.5) is 26.7 Å². The summed E-state index contributed by atoms with van der Waals surface area (Å²) >= 11 is 0. The molecule has 2 unspecified atom stereocenters. The van der Waals surface area contributed by atoms with Crippen LogP contribution in [0.5, 0.6) is 23.0 Å². The van der Waals surface area contributed by atoms with Gasteiger partial charge in [-0.3, -0.25) is 30.3 Å². The summed E-state index contributed by atoms with van der Waals surface area (Å²) in [5, 5.41) is 33.9. The van der Waals surface area contributed by atoms with Gasteiger partial charge in [0, 0.05) is 50.2 Å². The lowest BCUT2D eigenvalue weighted by atomic mass is 10.1. The van der Waals surface area contributed by atoms with Gasteiger partial charge in [0.05, 0.1) is 74.1 Å². The molecule has 0 saturated carbocycles. The molecule has 382 valence electrons. The van der Waals surface area contributed by atoms with Crippen molar-refractivity contribution in [1.82, 2.24) is 14.8 Å². The van der Waals surface area contributed by atoms with E-state index in [9.17, 15) is 34.4 Å². The number of rotatable bonds is 22. The van der Waals surface area contributed by atoms with Crippen LogP contribution in [0.3, 0.4) is 0 Å². The van der Waals surface area contributed by atoms with E-state index in [2.05, 4.69) is 28.8 Å². The number of unbranched alkanes of at least 4 members (excludes halogenated alkanes) is 2. The minimum atomic E-state index is -0.802. The van der Waals surface area contributed by atoms with Crippen molar-refractivity contribution >= 4 is 62.7 Å². The summed E-state index contributed by atoms with van der Waals surface area (Å²) in [5.74, 6) is 0.415. The molecule has 4 N–H and O–H groups in total. The molecule has 22 heteroatoms. The van der Waals surface area contributed by atoms with Gasteiger partial charge in [0.25, 0.3) is 17.5 Å². The van der Waals surface area contributed by atoms with E-state index in [1.165, 1.54) is 71.2 Å². The SMILES string of the molecule is C=C1CCN(C(=O)c2cc(OC)c(OCCCCCOc3cc(NC(=O)OC(C)(C)C)c(C(=O)N4CC(=C)CC4CO)cc3OC)cc2NC(=O)OCCC(C)SSc2ccc([N+](=O)[O-])cn2)C1.CO. The molecule has 4 amide bonds. The maximum absolute atomic E-state index is 13.8. The molecule has 0 spiro atoms. The highest BCUT2D eigenvalue weighted by atomic mass is 33.1. The van der Waals surface area contributed by atoms with Crippen molar-refractivity contribution in [2.45, 2.75) is 88.1 Å². The van der Waals surface area contributed by atoms with Crippen LogP contribution in [0, 0.1) is 10.1 Å². The molecule has 2 aliphatic heterocycles. The number of nitrogens with one attached hydrogen (secondary N) is 2. The third-order valence-electron chi connectivity index (χ3n) is 10.5. The number of benzene rings is 2. The Bertz CT molecular complexity index is 2330. The van der Waals surface area contributed by atoms with Crippen molar-refractivity contribution < 1.29 is 62.7 Å². The number of carbonyl (C=O) groups is 4. The van der Waals surface area contributed by atoms with Crippen LogP contribution in [0.15, 0.2) is 71.9 Å². The van der Waals surface area contributed by atoms with Gasteiger partial charge in [-0.25, -0.2) is 14.6 Å². The highest BCUT2D eigenvalue weighted by Gasteiger charge is 2.34. The fourth-order valence-electron chi connectivity index (χ4n) is 7.06. The fourth-order valence-corrected chi connectivity index (χ4v) is 9.10. The number of nitro groups is 1. The van der Waals surface area contributed by atoms with Gasteiger partial charge in [0.15, 0.2) is 23.0 Å². The van der Waals surface area contributed by atoms with Gasteiger partial charge in [-0.05, 0) is 88.3 Å². The molecule has 70 heavy (non-hydrogen) atoms. The zero-order valence-electron chi connectivity index (χ0n) is 40.7. The van der Waals surface area contributed by atoms with Crippen molar-refractivity contribution in [3.8, 4) is 23.0 Å². The molecule has 3 heterocycles. The lowest BCUT2D eigenvalue weighted by Gasteiger charge is -2.25. The second-order valence-corrected chi connectivity index (χ2v) is 19.7. The van der Waals surface area contributed by atoms with Crippen molar-refractivity contribution in [2.24, 2.45) is 0 Å². The first kappa shape index (κ1) is 56.4. The van der Waals surface area contributed by atoms with Crippen LogP contribution in [0.1, 0.15) is 86.9 Å². The smallest absolute Gasteiger partial charge is 0.412 e. The standard InChI is InChI=1S/C47H60N6O13S2.CH4O/c1-29-14-16-51(26-29)43(55)34-21-38(61-7)40(23-36(34)49-45(57)65-19-15-31(3)67-68-42-13-12-32(25-48-42)53(59)60)63-17-10-9-11-18-64-41-24-37(50-46(58)66-47(4,5)6)35(22-39(41)62-8)44(56)52-27-30(2)20-33(52)28-54;1-2/h12-13,21-25,31,33,54H,1-2,9-11,14-20,26-28H2,3-8H3,(H,49,57)(H,50,58);2H,1H3. The molecular formula is C48H64N6O14S2. The molecule has 2 aliphatic rings. The average molecular weight is 1010 g/mol. The number of carbonyl (C=O) groups excluding carboxylic acids is 4. The number of aliphatic hydroxyl groups excluding tert-OH is 2. The predicted octanol–water partition coefficient (Wildman–Crippen LogP) is 8.52. The summed E-state index contributed by atoms with van der Waals surface area (Å²) in [6, 6.07) is 8.61. The van der Waals surface area contributed by atoms with Crippen molar-refractivity contribution in [1.29, 1.82) is 0 Å². The van der Waals surface area contributed by atoms with Gasteiger partial charge in [-0.1, -0.05) is 42.0 Å². The number of aromatic nitrogens is 1. The predicted molar refractivity (Wildman–Crippen MR) is 268 cm³/mol. The molecule has 3 aromatic rings. The van der Waals surface area contributed by atoms with Crippen LogP contribution >= 0.6 is 21.6 Å². The zero-order valence-corrected chi connectivity index (χ0v) is 42.3. The van der Waals surface area contributed by atoms with Crippen LogP contribution in [-0.4, -0.2) is 138 Å². The van der Waals surface area contributed by atoms with Crippen LogP contribution in [0.2, 0.25) is 0 Å². The van der Waals surface area contributed by atoms with E-state index in [4.69, 9.17) is 33.5 Å². The molecule has 0 bridgehead atoms. The largest absolute Gasteiger partial charge is 0.493 e. The topological polar surface area (TPSA) is 251 Å². The normalized spacial score (nSPS) is 14.8. The molecule has 2 fully saturated rings. The quantitative estimate of drug-likeness (QED) is 0.0242. The third kappa shape index (κ3) is 16.7. The van der Waals surface area contributed by atoms with E-state index in [0.29, 0.717) is 68.1 Å². The number of nitrogens with zero attached hydrogens (tertiary/aromatic N) is 4. The Labute approximate surface area is 416 Å². The monoisotopic (exact) mass is 1010 g/mol. The van der Waals surface area contributed by atoms with Crippen LogP contribution in [0.25, 0.3) is 0 Å². The number of pyridine rings is 1. The van der Waals surface area contributed by atoms with E-state index < -0.39 is 34.7 Å². The molecule has 0 aliphatic carbocycles. The van der Waals surface area contributed by atoms with Crippen molar-refractivity contribution in [3.63, 3.8) is 0 Å². The second-order valence-electron chi connectivity index (χ2n) is 17.1. The Hall–Kier alpha value is -6.23. The molecule has 2 saturated heterocycles. The first-order valence-electron chi connectivity index (χ1n) is 22.5. The van der Waals surface area contributed by atoms with Gasteiger partial charge in [-0.2, -0.15) is 0 Å². The maximum atomic E-state index is 13.8. The maximum Gasteiger partial charge on any atom is 0.412 e. The summed E-state index contributed by atoms with van der Waals surface area (Å²) < 4.78 is 34.5. The van der Waals surface area contributed by atoms with Gasteiger partial charge >= 0.3 is 12.2 Å². The number of anilines is 2. The zero-order chi connectivity index (χ0) is 51.5. The number of ether oxygens (including phenoxy) is 6. The van der Waals surface area contributed by atoms with E-state index in [-0.39, 0.29) is 83.8 Å². The molecule has 5 rings (SSSR count). The van der Waals surface area contributed by atoms with Gasteiger partial charge in [0.2, 0.25) is 0 Å². The van der Waals surface area contributed by atoms with Gasteiger partial charge in [-0.15, -0.1) is 0 Å². The Morgan fingerprint density at radius 3 is 1.99 bits per heavy atom. The fraction of sp³-hybridized carbons (Fsp3) is 0.479. The van der Waals surface area contributed by atoms with Crippen molar-refractivity contribution in [3.05, 3.63) is 88.1 Å². The lowest BCUT2D eigenvalue weighted by molar-refractivity contribution is -0.385. The molecule has 2 aromatic carbocycles. The molecule has 0 radical (unpaired) electrons. The Morgan fingerprint density at radius 1 is 0.871 bits per heavy atom. The number of amides is 4. The summed E-state index contributed by atoms with van der Waals surface area (Å²) in [6.07, 6.45) is 3.15. The van der Waals surface area contributed by atoms with Crippen LogP contribution in [-0.2, 0) is 9.47 Å². The Morgan fingerprint density at radius 2 is 1.47 bits per heavy atom. The summed E-state index contributed by atoms with van der Waals surface area (Å²) in [5.41, 5.74) is 1.49. The second kappa shape index (κ2) is 27.2. The van der Waals surface area contributed by atoms with E-state index in [1.54, 1.807) is 37.8 Å². The average Bonchev–Trinajstić information content (AvgIpc) is 3.94. The van der Waals surface area contributed by atoms with E-state index in [0.717, 1.165) is 18.3 Å². The van der Waals surface area contributed by atoms with E-state index >= 15 is 0 Å². The minimum Gasteiger partial charge on any atom is -0.493 e. The number of aliphatic hydroxyl groups is 2. The first-order chi connectivity index (χ1) is 33.4. The molecule has 2 atom stereocenters. The molecule has 20 nitrogen and oxygen atoms in total. The summed E-state index contributed by atoms with van der Waals surface area (Å²) in [6.45, 7) is 16.6. The number of hydrogen-bond donors (Lipinski definition) is 4. The van der Waals surface area contributed by atoms with Crippen molar-refractivity contribution in [2.75, 3.05) is 78.0 Å². The van der Waals surface area contributed by atoms with Gasteiger partial charge in [0.1, 0.15) is 16.8 Å². The van der Waals surface area contributed by atoms with Gasteiger partial charge < -0.3 is 48.4 Å². The molecule has 1 aromatic heterocycles. The highest BCUT2D eigenvalue weighted by molar-refractivity contribution is 8.76. The van der Waals surface area contributed by atoms with E-state index in [1.807, 2.05) is 6.92 Å². The highest BCUT2D eigenvalue weighted by Crippen LogP contribution is 2.38. The third-order valence-corrected chi connectivity index (χ3v) is 13.4. The lowest BCUT2D eigenvalue weighted by Crippen LogP contribution is -2.38. The Balaban J connectivity index is 0.00000526. The summed E-state index contributed by atoms with van der Waals surface area (Å²) in [4.78, 5) is 71.3. The molecular weight excluding hydrogens is 949 g/mol. The number of methoxy groups -OCH3 is 2. The van der Waals surface area contributed by atoms with Crippen LogP contribution < -0.4 is 29.6 Å². The minimum absolute atomic E-state index is 0.0355.